The molecule has 0 saturated heterocycles. The molecule has 3 atom stereocenters. The van der Waals surface area contributed by atoms with Crippen LogP contribution in [0.3, 0.4) is 0 Å². The largest absolute Gasteiger partial charge is 0.550 e. The molecule has 92 valence electrons. The first-order chi connectivity index (χ1) is 7.95. The second-order valence-electron chi connectivity index (χ2n) is 4.15. The number of carbonyl (C=O) groups is 2. The summed E-state index contributed by atoms with van der Waals surface area (Å²) in [6, 6.07) is 8.90. The van der Waals surface area contributed by atoms with Gasteiger partial charge in [-0.3, -0.25) is 0 Å². The van der Waals surface area contributed by atoms with Crippen LogP contribution < -0.4 is 10.2 Å². The molecular weight excluding hydrogens is 220 g/mol. The first-order valence-electron chi connectivity index (χ1n) is 5.41. The van der Waals surface area contributed by atoms with Crippen LogP contribution >= 0.6 is 0 Å². The van der Waals surface area contributed by atoms with E-state index >= 15 is 0 Å². The summed E-state index contributed by atoms with van der Waals surface area (Å²) in [7, 11) is 0. The Labute approximate surface area is 99.9 Å². The summed E-state index contributed by atoms with van der Waals surface area (Å²) in [4.78, 5) is 21.8. The molecule has 0 radical (unpaired) electrons. The van der Waals surface area contributed by atoms with E-state index in [0.717, 1.165) is 5.56 Å². The number of hydrogen-bond donors (Lipinski definition) is 0. The zero-order valence-electron chi connectivity index (χ0n) is 9.75. The fourth-order valence-corrected chi connectivity index (χ4v) is 1.95. The van der Waals surface area contributed by atoms with Crippen molar-refractivity contribution in [2.45, 2.75) is 19.8 Å². The molecule has 17 heavy (non-hydrogen) atoms. The summed E-state index contributed by atoms with van der Waals surface area (Å²) in [6.45, 7) is 3.00. The lowest BCUT2D eigenvalue weighted by Crippen LogP contribution is -2.44. The second-order valence-corrected chi connectivity index (χ2v) is 4.15. The highest BCUT2D eigenvalue weighted by Gasteiger charge is 2.26. The summed E-state index contributed by atoms with van der Waals surface area (Å²) < 4.78 is 0. The molecule has 0 fully saturated rings. The number of carboxylic acids is 2. The van der Waals surface area contributed by atoms with Crippen molar-refractivity contribution in [2.24, 2.45) is 11.8 Å². The van der Waals surface area contributed by atoms with Gasteiger partial charge in [0.25, 0.3) is 0 Å². The van der Waals surface area contributed by atoms with Crippen LogP contribution in [0, 0.1) is 11.8 Å². The van der Waals surface area contributed by atoms with Crippen LogP contribution in [-0.2, 0) is 9.59 Å². The predicted molar refractivity (Wildman–Crippen MR) is 57.5 cm³/mol. The van der Waals surface area contributed by atoms with Crippen molar-refractivity contribution in [1.29, 1.82) is 0 Å². The lowest BCUT2D eigenvalue weighted by molar-refractivity contribution is -0.326. The van der Waals surface area contributed by atoms with Gasteiger partial charge in [-0.25, -0.2) is 0 Å². The SMILES string of the molecule is C[C@@H](C(=O)[O-])[C@@H](C(=O)[O-])[C@@H](C)c1ccccc1. The highest BCUT2D eigenvalue weighted by molar-refractivity contribution is 5.78. The first kappa shape index (κ1) is 13.2. The third-order valence-electron chi connectivity index (χ3n) is 3.05. The van der Waals surface area contributed by atoms with Crippen molar-refractivity contribution in [2.75, 3.05) is 0 Å². The fraction of sp³-hybridized carbons (Fsp3) is 0.385. The van der Waals surface area contributed by atoms with E-state index < -0.39 is 29.7 Å². The van der Waals surface area contributed by atoms with Crippen molar-refractivity contribution >= 4 is 11.9 Å². The van der Waals surface area contributed by atoms with Crippen LogP contribution in [0.5, 0.6) is 0 Å². The zero-order chi connectivity index (χ0) is 13.0. The maximum Gasteiger partial charge on any atom is 0.0457 e. The molecule has 1 aromatic rings. The van der Waals surface area contributed by atoms with Crippen LogP contribution in [0.15, 0.2) is 30.3 Å². The van der Waals surface area contributed by atoms with Crippen molar-refractivity contribution in [3.05, 3.63) is 35.9 Å². The van der Waals surface area contributed by atoms with Gasteiger partial charge >= 0.3 is 0 Å². The molecule has 0 aliphatic rings. The zero-order valence-corrected chi connectivity index (χ0v) is 9.75. The van der Waals surface area contributed by atoms with Gasteiger partial charge in [-0.15, -0.1) is 0 Å². The molecule has 0 spiro atoms. The minimum Gasteiger partial charge on any atom is -0.550 e. The summed E-state index contributed by atoms with van der Waals surface area (Å²) in [5, 5.41) is 21.8. The number of aliphatic carboxylic acids is 2. The molecule has 0 aromatic heterocycles. The Bertz CT molecular complexity index is 399. The van der Waals surface area contributed by atoms with Gasteiger partial charge in [-0.1, -0.05) is 44.2 Å². The molecule has 0 amide bonds. The minimum absolute atomic E-state index is 0.436. The molecule has 0 saturated carbocycles. The van der Waals surface area contributed by atoms with E-state index in [0.29, 0.717) is 0 Å². The van der Waals surface area contributed by atoms with Gasteiger partial charge in [-0.2, -0.15) is 0 Å². The van der Waals surface area contributed by atoms with Crippen LogP contribution in [0.2, 0.25) is 0 Å². The highest BCUT2D eigenvalue weighted by atomic mass is 16.4. The third kappa shape index (κ3) is 3.06. The topological polar surface area (TPSA) is 80.3 Å². The average molecular weight is 234 g/mol. The number of carbonyl (C=O) groups excluding carboxylic acids is 2. The Kier molecular flexibility index (Phi) is 4.26. The van der Waals surface area contributed by atoms with Crippen LogP contribution in [0.25, 0.3) is 0 Å². The van der Waals surface area contributed by atoms with E-state index in [1.54, 1.807) is 31.2 Å². The normalized spacial score (nSPS) is 15.9. The molecule has 0 N–H and O–H groups in total. The van der Waals surface area contributed by atoms with Gasteiger partial charge in [0, 0.05) is 23.8 Å². The molecule has 0 unspecified atom stereocenters. The Morgan fingerprint density at radius 3 is 1.94 bits per heavy atom. The third-order valence-corrected chi connectivity index (χ3v) is 3.05. The lowest BCUT2D eigenvalue weighted by atomic mass is 9.80. The predicted octanol–water partition coefficient (Wildman–Crippen LogP) is -0.458. The Morgan fingerprint density at radius 1 is 1.00 bits per heavy atom. The van der Waals surface area contributed by atoms with E-state index in [1.165, 1.54) is 6.92 Å². The van der Waals surface area contributed by atoms with Crippen LogP contribution in [0.1, 0.15) is 25.3 Å². The van der Waals surface area contributed by atoms with Crippen LogP contribution in [-0.4, -0.2) is 11.9 Å². The molecule has 0 bridgehead atoms. The maximum atomic E-state index is 11.1. The molecule has 4 nitrogen and oxygen atoms in total. The van der Waals surface area contributed by atoms with Crippen molar-refractivity contribution in [3.8, 4) is 0 Å². The molecule has 0 aliphatic heterocycles. The van der Waals surface area contributed by atoms with Gasteiger partial charge in [0.2, 0.25) is 0 Å². The summed E-state index contributed by atoms with van der Waals surface area (Å²) in [5.74, 6) is -5.35. The minimum atomic E-state index is -1.37. The number of rotatable bonds is 5. The van der Waals surface area contributed by atoms with E-state index in [-0.39, 0.29) is 0 Å². The monoisotopic (exact) mass is 234 g/mol. The van der Waals surface area contributed by atoms with Gasteiger partial charge in [0.1, 0.15) is 0 Å². The Hall–Kier alpha value is -1.84. The molecule has 0 aliphatic carbocycles. The molecule has 0 heterocycles. The van der Waals surface area contributed by atoms with E-state index in [4.69, 9.17) is 0 Å². The number of carboxylic acid groups (broad SMARTS) is 2. The van der Waals surface area contributed by atoms with Crippen molar-refractivity contribution in [1.82, 2.24) is 0 Å². The van der Waals surface area contributed by atoms with E-state index in [1.807, 2.05) is 6.07 Å². The van der Waals surface area contributed by atoms with Crippen molar-refractivity contribution < 1.29 is 19.8 Å². The Morgan fingerprint density at radius 2 is 1.53 bits per heavy atom. The van der Waals surface area contributed by atoms with Gasteiger partial charge in [-0.05, 0) is 11.5 Å². The van der Waals surface area contributed by atoms with E-state index in [9.17, 15) is 19.8 Å². The first-order valence-corrected chi connectivity index (χ1v) is 5.41. The summed E-state index contributed by atoms with van der Waals surface area (Å²) in [6.07, 6.45) is 0. The van der Waals surface area contributed by atoms with E-state index in [2.05, 4.69) is 0 Å². The second kappa shape index (κ2) is 5.48. The fourth-order valence-electron chi connectivity index (χ4n) is 1.95. The van der Waals surface area contributed by atoms with Gasteiger partial charge < -0.3 is 19.8 Å². The summed E-state index contributed by atoms with van der Waals surface area (Å²) in [5.41, 5.74) is 0.773. The molecular formula is C13H14O4-2. The summed E-state index contributed by atoms with van der Waals surface area (Å²) >= 11 is 0. The molecule has 1 rings (SSSR count). The van der Waals surface area contributed by atoms with Crippen LogP contribution in [0.4, 0.5) is 0 Å². The molecule has 1 aromatic carbocycles. The number of benzene rings is 1. The smallest absolute Gasteiger partial charge is 0.0457 e. The van der Waals surface area contributed by atoms with Gasteiger partial charge in [0.05, 0.1) is 0 Å². The lowest BCUT2D eigenvalue weighted by Gasteiger charge is -2.31. The van der Waals surface area contributed by atoms with Gasteiger partial charge in [0.15, 0.2) is 0 Å². The van der Waals surface area contributed by atoms with Crippen molar-refractivity contribution in [3.63, 3.8) is 0 Å². The average Bonchev–Trinajstić information content (AvgIpc) is 2.29. The highest BCUT2D eigenvalue weighted by Crippen LogP contribution is 2.29. The molecule has 4 heteroatoms. The quantitative estimate of drug-likeness (QED) is 0.690. The maximum absolute atomic E-state index is 11.1. The Balaban J connectivity index is 3.00. The standard InChI is InChI=1S/C13H16O4/c1-8(10-6-4-3-5-7-10)11(13(16)17)9(2)12(14)15/h3-9,11H,1-2H3,(H,14,15)(H,16,17)/p-2/t8-,9+,11-/m0/s1. The number of hydrogen-bond acceptors (Lipinski definition) is 4.